The minimum atomic E-state index is 0.0148. The van der Waals surface area contributed by atoms with Gasteiger partial charge in [-0.05, 0) is 30.7 Å². The molecule has 0 bridgehead atoms. The van der Waals surface area contributed by atoms with Crippen LogP contribution in [0.2, 0.25) is 0 Å². The zero-order valence-electron chi connectivity index (χ0n) is 11.8. The second-order valence-corrected chi connectivity index (χ2v) is 5.89. The highest BCUT2D eigenvalue weighted by atomic mass is 32.2. The lowest BCUT2D eigenvalue weighted by Crippen LogP contribution is -2.26. The van der Waals surface area contributed by atoms with Gasteiger partial charge in [-0.3, -0.25) is 9.38 Å². The number of hydrogen-bond acceptors (Lipinski definition) is 5. The second-order valence-electron chi connectivity index (χ2n) is 4.78. The van der Waals surface area contributed by atoms with E-state index in [0.717, 1.165) is 22.9 Å². The van der Waals surface area contributed by atoms with Crippen LogP contribution in [-0.4, -0.2) is 25.6 Å². The van der Waals surface area contributed by atoms with E-state index in [-0.39, 0.29) is 11.3 Å². The number of rotatable bonds is 5. The average molecular weight is 299 g/mol. The normalized spacial score (nSPS) is 14.2. The molecule has 0 amide bonds. The Morgan fingerprint density at radius 1 is 1.19 bits per heavy atom. The maximum atomic E-state index is 6.29. The summed E-state index contributed by atoms with van der Waals surface area (Å²) in [6.07, 6.45) is 4.64. The van der Waals surface area contributed by atoms with Gasteiger partial charge in [0.25, 0.3) is 0 Å². The molecule has 0 aliphatic heterocycles. The Bertz CT molecular complexity index is 712. The lowest BCUT2D eigenvalue weighted by molar-refractivity contribution is 0.622. The Morgan fingerprint density at radius 2 is 2.05 bits per heavy atom. The second kappa shape index (κ2) is 6.24. The summed E-state index contributed by atoms with van der Waals surface area (Å²) in [6, 6.07) is 11.8. The van der Waals surface area contributed by atoms with Gasteiger partial charge in [0.05, 0.1) is 10.9 Å². The molecule has 3 rings (SSSR count). The Hall–Kier alpha value is -1.92. The van der Waals surface area contributed by atoms with E-state index in [1.54, 1.807) is 18.0 Å². The summed E-state index contributed by atoms with van der Waals surface area (Å²) < 4.78 is 1.98. The molecule has 3 heterocycles. The van der Waals surface area contributed by atoms with Crippen LogP contribution < -0.4 is 5.73 Å². The van der Waals surface area contributed by atoms with Crippen LogP contribution >= 0.6 is 11.8 Å². The van der Waals surface area contributed by atoms with Crippen LogP contribution in [0.5, 0.6) is 0 Å². The molecule has 3 aromatic heterocycles. The average Bonchev–Trinajstić information content (AvgIpc) is 2.96. The van der Waals surface area contributed by atoms with Gasteiger partial charge in [-0.1, -0.05) is 30.8 Å². The first-order valence-electron chi connectivity index (χ1n) is 6.92. The fraction of sp³-hybridized carbons (Fsp3) is 0.267. The zero-order valence-corrected chi connectivity index (χ0v) is 12.6. The molecule has 2 atom stereocenters. The minimum Gasteiger partial charge on any atom is -0.326 e. The molecule has 0 saturated heterocycles. The van der Waals surface area contributed by atoms with Crippen LogP contribution in [0.3, 0.4) is 0 Å². The fourth-order valence-corrected chi connectivity index (χ4v) is 3.35. The molecular weight excluding hydrogens is 282 g/mol. The molecule has 0 fully saturated rings. The SMILES string of the molecule is CCC(N)C(Sc1nnc2ccccn12)c1ccccn1. The van der Waals surface area contributed by atoms with E-state index in [2.05, 4.69) is 22.1 Å². The molecule has 108 valence electrons. The molecule has 0 aromatic carbocycles. The summed E-state index contributed by atoms with van der Waals surface area (Å²) in [6.45, 7) is 2.09. The predicted octanol–water partition coefficient (Wildman–Crippen LogP) is 2.70. The summed E-state index contributed by atoms with van der Waals surface area (Å²) >= 11 is 1.61. The van der Waals surface area contributed by atoms with Crippen molar-refractivity contribution in [1.29, 1.82) is 0 Å². The third kappa shape index (κ3) is 2.91. The van der Waals surface area contributed by atoms with Crippen molar-refractivity contribution in [2.45, 2.75) is 29.8 Å². The zero-order chi connectivity index (χ0) is 14.7. The van der Waals surface area contributed by atoms with Crippen molar-refractivity contribution in [3.8, 4) is 0 Å². The molecule has 2 N–H and O–H groups in total. The van der Waals surface area contributed by atoms with E-state index < -0.39 is 0 Å². The van der Waals surface area contributed by atoms with Crippen molar-refractivity contribution in [1.82, 2.24) is 19.6 Å². The van der Waals surface area contributed by atoms with Crippen LogP contribution in [0.1, 0.15) is 24.3 Å². The Kier molecular flexibility index (Phi) is 4.17. The van der Waals surface area contributed by atoms with E-state index in [1.807, 2.05) is 47.0 Å². The summed E-state index contributed by atoms with van der Waals surface area (Å²) in [5.41, 5.74) is 8.11. The first kappa shape index (κ1) is 14.0. The Balaban J connectivity index is 1.95. The van der Waals surface area contributed by atoms with Gasteiger partial charge in [-0.2, -0.15) is 0 Å². The molecule has 6 heteroatoms. The van der Waals surface area contributed by atoms with Gasteiger partial charge in [0.1, 0.15) is 0 Å². The number of fused-ring (bicyclic) bond motifs is 1. The largest absolute Gasteiger partial charge is 0.326 e. The molecular formula is C15H17N5S. The summed E-state index contributed by atoms with van der Waals surface area (Å²) in [4.78, 5) is 4.45. The quantitative estimate of drug-likeness (QED) is 0.734. The Labute approximate surface area is 127 Å². The smallest absolute Gasteiger partial charge is 0.196 e. The fourth-order valence-electron chi connectivity index (χ4n) is 2.14. The highest BCUT2D eigenvalue weighted by molar-refractivity contribution is 7.99. The Morgan fingerprint density at radius 3 is 2.81 bits per heavy atom. The standard InChI is InChI=1S/C15H17N5S/c1-2-11(16)14(12-7-3-5-9-17-12)21-15-19-18-13-8-4-6-10-20(13)15/h3-11,14H,2,16H2,1H3. The number of nitrogens with two attached hydrogens (primary N) is 1. The van der Waals surface area contributed by atoms with Crippen LogP contribution in [0.25, 0.3) is 5.65 Å². The van der Waals surface area contributed by atoms with E-state index in [9.17, 15) is 0 Å². The summed E-state index contributed by atoms with van der Waals surface area (Å²) in [7, 11) is 0. The molecule has 0 radical (unpaired) electrons. The first-order valence-corrected chi connectivity index (χ1v) is 7.80. The van der Waals surface area contributed by atoms with E-state index in [0.29, 0.717) is 0 Å². The number of aromatic nitrogens is 4. The number of pyridine rings is 2. The number of thioether (sulfide) groups is 1. The van der Waals surface area contributed by atoms with Crippen molar-refractivity contribution < 1.29 is 0 Å². The van der Waals surface area contributed by atoms with Crippen molar-refractivity contribution in [3.63, 3.8) is 0 Å². The van der Waals surface area contributed by atoms with Gasteiger partial charge in [-0.15, -0.1) is 10.2 Å². The molecule has 0 spiro atoms. The molecule has 0 aliphatic rings. The summed E-state index contributed by atoms with van der Waals surface area (Å²) in [5.74, 6) is 0. The predicted molar refractivity (Wildman–Crippen MR) is 84.1 cm³/mol. The number of nitrogens with zero attached hydrogens (tertiary/aromatic N) is 4. The van der Waals surface area contributed by atoms with E-state index >= 15 is 0 Å². The van der Waals surface area contributed by atoms with Gasteiger partial charge in [0.15, 0.2) is 10.8 Å². The monoisotopic (exact) mass is 299 g/mol. The van der Waals surface area contributed by atoms with Gasteiger partial charge < -0.3 is 5.73 Å². The van der Waals surface area contributed by atoms with Crippen LogP contribution in [0.4, 0.5) is 0 Å². The van der Waals surface area contributed by atoms with Crippen LogP contribution in [0.15, 0.2) is 53.9 Å². The minimum absolute atomic E-state index is 0.0148. The van der Waals surface area contributed by atoms with Crippen LogP contribution in [-0.2, 0) is 0 Å². The van der Waals surface area contributed by atoms with Crippen molar-refractivity contribution in [3.05, 3.63) is 54.5 Å². The van der Waals surface area contributed by atoms with Crippen LogP contribution in [0, 0.1) is 0 Å². The third-order valence-corrected chi connectivity index (χ3v) is 4.69. The highest BCUT2D eigenvalue weighted by Crippen LogP contribution is 2.36. The van der Waals surface area contributed by atoms with Crippen molar-refractivity contribution >= 4 is 17.4 Å². The van der Waals surface area contributed by atoms with Gasteiger partial charge in [0.2, 0.25) is 0 Å². The lowest BCUT2D eigenvalue weighted by atomic mass is 10.1. The molecule has 21 heavy (non-hydrogen) atoms. The molecule has 3 aromatic rings. The number of hydrogen-bond donors (Lipinski definition) is 1. The van der Waals surface area contributed by atoms with Gasteiger partial charge in [-0.25, -0.2) is 0 Å². The van der Waals surface area contributed by atoms with Gasteiger partial charge >= 0.3 is 0 Å². The lowest BCUT2D eigenvalue weighted by Gasteiger charge is -2.20. The first-order chi connectivity index (χ1) is 10.3. The highest BCUT2D eigenvalue weighted by Gasteiger charge is 2.23. The third-order valence-electron chi connectivity index (χ3n) is 3.35. The maximum Gasteiger partial charge on any atom is 0.196 e. The van der Waals surface area contributed by atoms with Crippen molar-refractivity contribution in [2.75, 3.05) is 0 Å². The summed E-state index contributed by atoms with van der Waals surface area (Å²) in [5, 5.41) is 9.35. The van der Waals surface area contributed by atoms with E-state index in [1.165, 1.54) is 0 Å². The molecule has 5 nitrogen and oxygen atoms in total. The van der Waals surface area contributed by atoms with Crippen molar-refractivity contribution in [2.24, 2.45) is 5.73 Å². The van der Waals surface area contributed by atoms with Gasteiger partial charge in [0, 0.05) is 18.4 Å². The van der Waals surface area contributed by atoms with E-state index in [4.69, 9.17) is 5.73 Å². The topological polar surface area (TPSA) is 69.1 Å². The molecule has 0 saturated carbocycles. The molecule has 0 aliphatic carbocycles. The molecule has 2 unspecified atom stereocenters. The maximum absolute atomic E-state index is 6.29.